The second kappa shape index (κ2) is 11.9. The van der Waals surface area contributed by atoms with Crippen LogP contribution in [0.25, 0.3) is 0 Å². The molecule has 1 heterocycles. The molecule has 2 rings (SSSR count). The smallest absolute Gasteiger partial charge is 0.254 e. The highest BCUT2D eigenvalue weighted by atomic mass is 35.5. The van der Waals surface area contributed by atoms with E-state index in [1.807, 2.05) is 32.7 Å². The topological polar surface area (TPSA) is 60.0 Å². The van der Waals surface area contributed by atoms with Gasteiger partial charge < -0.3 is 24.4 Å². The molecule has 1 aromatic rings. The molecule has 6 nitrogen and oxygen atoms in total. The van der Waals surface area contributed by atoms with E-state index in [1.54, 1.807) is 12.1 Å². The van der Waals surface area contributed by atoms with Gasteiger partial charge in [-0.3, -0.25) is 4.79 Å². The number of likely N-dealkylation sites (tertiary alicyclic amines) is 1. The summed E-state index contributed by atoms with van der Waals surface area (Å²) in [5.41, 5.74) is 0.588. The first kappa shape index (κ1) is 23.4. The molecule has 1 amide bonds. The van der Waals surface area contributed by atoms with E-state index in [1.165, 1.54) is 0 Å². The van der Waals surface area contributed by atoms with Gasteiger partial charge in [-0.1, -0.05) is 0 Å². The van der Waals surface area contributed by atoms with E-state index >= 15 is 0 Å². The van der Waals surface area contributed by atoms with Crippen molar-refractivity contribution in [1.82, 2.24) is 10.2 Å². The van der Waals surface area contributed by atoms with E-state index in [4.69, 9.17) is 14.2 Å². The van der Waals surface area contributed by atoms with Gasteiger partial charge >= 0.3 is 0 Å². The molecule has 1 aliphatic rings. The zero-order valence-electron chi connectivity index (χ0n) is 16.9. The van der Waals surface area contributed by atoms with Crippen LogP contribution in [-0.2, 0) is 0 Å². The molecule has 1 unspecified atom stereocenters. The first-order valence-corrected chi connectivity index (χ1v) is 9.64. The number of rotatable bonds is 9. The number of hydrogen-bond acceptors (Lipinski definition) is 5. The molecule has 0 bridgehead atoms. The van der Waals surface area contributed by atoms with Crippen LogP contribution in [0.2, 0.25) is 0 Å². The highest BCUT2D eigenvalue weighted by Gasteiger charge is 2.26. The van der Waals surface area contributed by atoms with E-state index in [9.17, 15) is 4.79 Å². The van der Waals surface area contributed by atoms with Gasteiger partial charge in [-0.15, -0.1) is 12.4 Å². The maximum atomic E-state index is 13.1. The van der Waals surface area contributed by atoms with Gasteiger partial charge in [-0.25, -0.2) is 0 Å². The molecule has 0 spiro atoms. The molecular weight excluding hydrogens is 368 g/mol. The van der Waals surface area contributed by atoms with Crippen LogP contribution in [0.3, 0.4) is 0 Å². The zero-order chi connectivity index (χ0) is 18.9. The van der Waals surface area contributed by atoms with Gasteiger partial charge in [-0.2, -0.15) is 0 Å². The molecule has 154 valence electrons. The first-order valence-electron chi connectivity index (χ1n) is 9.64. The van der Waals surface area contributed by atoms with Gasteiger partial charge in [-0.05, 0) is 65.3 Å². The summed E-state index contributed by atoms with van der Waals surface area (Å²) in [6, 6.07) is 3.56. The Hall–Kier alpha value is -1.66. The second-order valence-electron chi connectivity index (χ2n) is 6.42. The van der Waals surface area contributed by atoms with Crippen LogP contribution < -0.4 is 19.5 Å². The van der Waals surface area contributed by atoms with E-state index in [2.05, 4.69) is 5.32 Å². The normalized spacial score (nSPS) is 16.4. The average molecular weight is 401 g/mol. The number of carbonyl (C=O) groups is 1. The molecule has 0 saturated carbocycles. The first-order chi connectivity index (χ1) is 12.6. The molecule has 1 fully saturated rings. The maximum absolute atomic E-state index is 13.1. The fourth-order valence-corrected chi connectivity index (χ4v) is 3.40. The van der Waals surface area contributed by atoms with Crippen molar-refractivity contribution in [3.63, 3.8) is 0 Å². The predicted molar refractivity (Wildman–Crippen MR) is 110 cm³/mol. The van der Waals surface area contributed by atoms with Crippen LogP contribution >= 0.6 is 12.4 Å². The minimum absolute atomic E-state index is 0. The van der Waals surface area contributed by atoms with Crippen molar-refractivity contribution in [3.05, 3.63) is 17.7 Å². The highest BCUT2D eigenvalue weighted by molar-refractivity contribution is 5.95. The minimum atomic E-state index is 0. The standard InChI is InChI=1S/C20H32N2O4.ClH/c1-5-24-17-11-16(12-18(25-6-2)19(17)26-7-3)20(23)22-10-8-9-15(14-22)13-21-4;/h11-12,15,21H,5-10,13-14H2,1-4H3;1H. The lowest BCUT2D eigenvalue weighted by atomic mass is 9.97. The summed E-state index contributed by atoms with van der Waals surface area (Å²) in [6.07, 6.45) is 2.19. The van der Waals surface area contributed by atoms with Crippen molar-refractivity contribution in [2.24, 2.45) is 5.92 Å². The summed E-state index contributed by atoms with van der Waals surface area (Å²) < 4.78 is 17.2. The number of amides is 1. The van der Waals surface area contributed by atoms with Crippen molar-refractivity contribution < 1.29 is 19.0 Å². The second-order valence-corrected chi connectivity index (χ2v) is 6.42. The Morgan fingerprint density at radius 2 is 1.70 bits per heavy atom. The molecule has 1 saturated heterocycles. The van der Waals surface area contributed by atoms with Gasteiger partial charge in [0.2, 0.25) is 5.75 Å². The van der Waals surface area contributed by atoms with Crippen molar-refractivity contribution in [3.8, 4) is 17.2 Å². The van der Waals surface area contributed by atoms with Crippen molar-refractivity contribution >= 4 is 18.3 Å². The zero-order valence-corrected chi connectivity index (χ0v) is 17.7. The van der Waals surface area contributed by atoms with Gasteiger partial charge in [0.1, 0.15) is 0 Å². The number of benzene rings is 1. The Bertz CT molecular complexity index is 568. The molecule has 1 aliphatic heterocycles. The lowest BCUT2D eigenvalue weighted by Crippen LogP contribution is -2.42. The average Bonchev–Trinajstić information content (AvgIpc) is 2.64. The fraction of sp³-hybridized carbons (Fsp3) is 0.650. The SMILES string of the molecule is CCOc1cc(C(=O)N2CCCC(CNC)C2)cc(OCC)c1OCC.Cl. The Labute approximate surface area is 168 Å². The molecule has 0 radical (unpaired) electrons. The summed E-state index contributed by atoms with van der Waals surface area (Å²) in [7, 11) is 1.95. The van der Waals surface area contributed by atoms with Crippen LogP contribution in [-0.4, -0.2) is 57.3 Å². The number of carbonyl (C=O) groups excluding carboxylic acids is 1. The van der Waals surface area contributed by atoms with Crippen molar-refractivity contribution in [2.45, 2.75) is 33.6 Å². The van der Waals surface area contributed by atoms with Crippen molar-refractivity contribution in [1.29, 1.82) is 0 Å². The van der Waals surface area contributed by atoms with Crippen LogP contribution in [0, 0.1) is 5.92 Å². The summed E-state index contributed by atoms with van der Waals surface area (Å²) in [5.74, 6) is 2.22. The van der Waals surface area contributed by atoms with E-state index < -0.39 is 0 Å². The Morgan fingerprint density at radius 1 is 1.11 bits per heavy atom. The van der Waals surface area contributed by atoms with Gasteiger partial charge in [0.05, 0.1) is 19.8 Å². The van der Waals surface area contributed by atoms with Gasteiger partial charge in [0.15, 0.2) is 11.5 Å². The summed E-state index contributed by atoms with van der Waals surface area (Å²) in [4.78, 5) is 15.0. The molecule has 27 heavy (non-hydrogen) atoms. The highest BCUT2D eigenvalue weighted by Crippen LogP contribution is 2.39. The summed E-state index contributed by atoms with van der Waals surface area (Å²) in [6.45, 7) is 9.75. The van der Waals surface area contributed by atoms with Crippen molar-refractivity contribution in [2.75, 3.05) is 46.5 Å². The van der Waals surface area contributed by atoms with Crippen LogP contribution in [0.1, 0.15) is 44.0 Å². The van der Waals surface area contributed by atoms with E-state index in [-0.39, 0.29) is 18.3 Å². The third-order valence-corrected chi connectivity index (χ3v) is 4.46. The maximum Gasteiger partial charge on any atom is 0.254 e. The number of nitrogens with one attached hydrogen (secondary N) is 1. The van der Waals surface area contributed by atoms with Crippen LogP contribution in [0.4, 0.5) is 0 Å². The minimum Gasteiger partial charge on any atom is -0.490 e. The summed E-state index contributed by atoms with van der Waals surface area (Å²) in [5, 5.41) is 3.22. The quantitative estimate of drug-likeness (QED) is 0.688. The summed E-state index contributed by atoms with van der Waals surface area (Å²) >= 11 is 0. The molecule has 7 heteroatoms. The van der Waals surface area contributed by atoms with Gasteiger partial charge in [0, 0.05) is 18.7 Å². The predicted octanol–water partition coefficient (Wildman–Crippen LogP) is 3.38. The number of piperidine rings is 1. The molecule has 1 N–H and O–H groups in total. The van der Waals surface area contributed by atoms with Gasteiger partial charge in [0.25, 0.3) is 5.91 Å². The third-order valence-electron chi connectivity index (χ3n) is 4.46. The monoisotopic (exact) mass is 400 g/mol. The Balaban J connectivity index is 0.00000364. The molecule has 1 atom stereocenters. The number of hydrogen-bond donors (Lipinski definition) is 1. The Kier molecular flexibility index (Phi) is 10.3. The molecule has 0 aromatic heterocycles. The third kappa shape index (κ3) is 6.18. The van der Waals surface area contributed by atoms with E-state index in [0.29, 0.717) is 48.6 Å². The lowest BCUT2D eigenvalue weighted by Gasteiger charge is -2.33. The van der Waals surface area contributed by atoms with E-state index in [0.717, 1.165) is 32.5 Å². The number of nitrogens with zero attached hydrogens (tertiary/aromatic N) is 1. The molecule has 1 aromatic carbocycles. The molecular formula is C20H33ClN2O4. The Morgan fingerprint density at radius 3 is 2.22 bits per heavy atom. The van der Waals surface area contributed by atoms with Crippen LogP contribution in [0.15, 0.2) is 12.1 Å². The molecule has 0 aliphatic carbocycles. The number of ether oxygens (including phenoxy) is 3. The van der Waals surface area contributed by atoms with Crippen LogP contribution in [0.5, 0.6) is 17.2 Å². The fourth-order valence-electron chi connectivity index (χ4n) is 3.40. The lowest BCUT2D eigenvalue weighted by molar-refractivity contribution is 0.0673. The number of halogens is 1. The largest absolute Gasteiger partial charge is 0.490 e.